The van der Waals surface area contributed by atoms with Crippen LogP contribution in [0.5, 0.6) is 5.88 Å². The first kappa shape index (κ1) is 29.3. The molecule has 0 amide bonds. The van der Waals surface area contributed by atoms with Crippen molar-refractivity contribution in [3.63, 3.8) is 0 Å². The van der Waals surface area contributed by atoms with Crippen molar-refractivity contribution in [1.82, 2.24) is 19.5 Å². The zero-order valence-corrected chi connectivity index (χ0v) is 23.6. The highest BCUT2D eigenvalue weighted by Crippen LogP contribution is 2.50. The SMILES string of the molecule is N#CCC1(Cn2c(Cc3ccc(-c4ncc(F)c(OCc5ccc(C#N)cc5F)n4)c(F)c3)nc3ccc(C(=O)O)cc32)CC1. The molecule has 1 aliphatic rings. The molecule has 1 fully saturated rings. The van der Waals surface area contributed by atoms with Crippen LogP contribution in [0.15, 0.2) is 60.8 Å². The first-order chi connectivity index (χ1) is 21.7. The van der Waals surface area contributed by atoms with Gasteiger partial charge in [-0.25, -0.2) is 23.5 Å². The Morgan fingerprint density at radius 1 is 1.00 bits per heavy atom. The van der Waals surface area contributed by atoms with Crippen molar-refractivity contribution in [3.8, 4) is 29.4 Å². The lowest BCUT2D eigenvalue weighted by molar-refractivity contribution is 0.0697. The minimum atomic E-state index is -1.07. The number of fused-ring (bicyclic) bond motifs is 1. The van der Waals surface area contributed by atoms with Crippen LogP contribution in [0, 0.1) is 45.5 Å². The number of imidazole rings is 1. The quantitative estimate of drug-likeness (QED) is 0.194. The summed E-state index contributed by atoms with van der Waals surface area (Å²) in [5.74, 6) is -3.41. The van der Waals surface area contributed by atoms with Gasteiger partial charge in [-0.1, -0.05) is 12.1 Å². The smallest absolute Gasteiger partial charge is 0.335 e. The first-order valence-corrected chi connectivity index (χ1v) is 13.9. The third-order valence-corrected chi connectivity index (χ3v) is 7.87. The van der Waals surface area contributed by atoms with Gasteiger partial charge in [0, 0.05) is 30.4 Å². The number of hydrogen-bond donors (Lipinski definition) is 1. The number of aromatic carboxylic acids is 1. The number of carboxylic acids is 1. The molecule has 0 atom stereocenters. The van der Waals surface area contributed by atoms with Crippen LogP contribution in [0.25, 0.3) is 22.4 Å². The normalized spacial score (nSPS) is 13.3. The third kappa shape index (κ3) is 6.04. The van der Waals surface area contributed by atoms with E-state index in [2.05, 4.69) is 16.0 Å². The Labute approximate surface area is 254 Å². The van der Waals surface area contributed by atoms with Crippen LogP contribution in [-0.2, 0) is 19.6 Å². The van der Waals surface area contributed by atoms with Gasteiger partial charge >= 0.3 is 5.97 Å². The lowest BCUT2D eigenvalue weighted by Gasteiger charge is -2.16. The average molecular weight is 609 g/mol. The van der Waals surface area contributed by atoms with Crippen molar-refractivity contribution < 1.29 is 27.8 Å². The molecule has 12 heteroatoms. The van der Waals surface area contributed by atoms with Gasteiger partial charge in [0.2, 0.25) is 5.82 Å². The Kier molecular flexibility index (Phi) is 7.65. The number of ether oxygens (including phenoxy) is 1. The number of nitrogens with zero attached hydrogens (tertiary/aromatic N) is 6. The standard InChI is InChI=1S/C33H23F3N6O3/c34-24-12-20(15-38)1-3-22(24)17-45-31-26(36)16-39-30(41-31)23-5-2-19(11-25(23)35)13-29-40-27-6-4-21(32(43)44)14-28(27)42(29)18-33(7-8-33)9-10-37/h1-6,11-12,14,16H,7-9,13,17-18H2,(H,43,44). The van der Waals surface area contributed by atoms with Crippen LogP contribution in [0.1, 0.15) is 52.1 Å². The summed E-state index contributed by atoms with van der Waals surface area (Å²) in [4.78, 5) is 24.3. The molecule has 3 aromatic carbocycles. The third-order valence-electron chi connectivity index (χ3n) is 7.87. The number of hydrogen-bond acceptors (Lipinski definition) is 7. The van der Waals surface area contributed by atoms with Gasteiger partial charge in [0.1, 0.15) is 24.1 Å². The maximum absolute atomic E-state index is 15.5. The van der Waals surface area contributed by atoms with Gasteiger partial charge in [0.25, 0.3) is 5.88 Å². The van der Waals surface area contributed by atoms with Gasteiger partial charge < -0.3 is 14.4 Å². The average Bonchev–Trinajstić information content (AvgIpc) is 3.70. The summed E-state index contributed by atoms with van der Waals surface area (Å²) in [5.41, 5.74) is 1.87. The summed E-state index contributed by atoms with van der Waals surface area (Å²) in [6.45, 7) is 0.103. The fourth-order valence-electron chi connectivity index (χ4n) is 5.18. The van der Waals surface area contributed by atoms with Crippen molar-refractivity contribution in [3.05, 3.63) is 106 Å². The molecular weight excluding hydrogens is 585 g/mol. The van der Waals surface area contributed by atoms with E-state index in [1.54, 1.807) is 18.2 Å². The topological polar surface area (TPSA) is 138 Å². The van der Waals surface area contributed by atoms with Crippen molar-refractivity contribution in [2.24, 2.45) is 5.41 Å². The van der Waals surface area contributed by atoms with Gasteiger partial charge in [0.05, 0.1) is 46.1 Å². The Morgan fingerprint density at radius 3 is 2.51 bits per heavy atom. The lowest BCUT2D eigenvalue weighted by Crippen LogP contribution is -2.14. The Bertz CT molecular complexity index is 2060. The Hall–Kier alpha value is -5.75. The highest BCUT2D eigenvalue weighted by molar-refractivity contribution is 5.92. The Morgan fingerprint density at radius 2 is 1.82 bits per heavy atom. The van der Waals surface area contributed by atoms with Crippen LogP contribution in [0.4, 0.5) is 13.2 Å². The molecule has 2 aromatic heterocycles. The van der Waals surface area contributed by atoms with Gasteiger partial charge in [-0.3, -0.25) is 0 Å². The highest BCUT2D eigenvalue weighted by atomic mass is 19.1. The van der Waals surface area contributed by atoms with Crippen molar-refractivity contribution in [2.75, 3.05) is 0 Å². The number of carbonyl (C=O) groups is 1. The van der Waals surface area contributed by atoms with E-state index in [-0.39, 0.29) is 46.5 Å². The summed E-state index contributed by atoms with van der Waals surface area (Å²) in [6, 6.07) is 16.9. The largest absolute Gasteiger partial charge is 0.478 e. The van der Waals surface area contributed by atoms with Gasteiger partial charge in [-0.2, -0.15) is 19.9 Å². The summed E-state index contributed by atoms with van der Waals surface area (Å²) < 4.78 is 51.4. The predicted molar refractivity (Wildman–Crippen MR) is 154 cm³/mol. The fraction of sp³-hybridized carbons (Fsp3) is 0.212. The molecule has 5 aromatic rings. The number of carboxylic acid groups (broad SMARTS) is 1. The highest BCUT2D eigenvalue weighted by Gasteiger charge is 2.43. The second-order valence-electron chi connectivity index (χ2n) is 11.0. The summed E-state index contributed by atoms with van der Waals surface area (Å²) >= 11 is 0. The van der Waals surface area contributed by atoms with Crippen molar-refractivity contribution >= 4 is 17.0 Å². The number of nitriles is 2. The predicted octanol–water partition coefficient (Wildman–Crippen LogP) is 6.34. The first-order valence-electron chi connectivity index (χ1n) is 13.9. The molecule has 0 bridgehead atoms. The molecule has 6 rings (SSSR count). The van der Waals surface area contributed by atoms with Gasteiger partial charge in [-0.15, -0.1) is 0 Å². The molecule has 0 unspecified atom stereocenters. The van der Waals surface area contributed by atoms with Crippen molar-refractivity contribution in [1.29, 1.82) is 10.5 Å². The summed E-state index contributed by atoms with van der Waals surface area (Å²) in [7, 11) is 0. The zero-order chi connectivity index (χ0) is 31.7. The molecule has 1 aliphatic carbocycles. The summed E-state index contributed by atoms with van der Waals surface area (Å²) in [6.07, 6.45) is 3.15. The summed E-state index contributed by atoms with van der Waals surface area (Å²) in [5, 5.41) is 27.8. The molecule has 2 heterocycles. The molecule has 0 spiro atoms. The van der Waals surface area contributed by atoms with E-state index in [9.17, 15) is 23.9 Å². The monoisotopic (exact) mass is 608 g/mol. The Balaban J connectivity index is 1.26. The van der Waals surface area contributed by atoms with Crippen LogP contribution in [0.3, 0.4) is 0 Å². The number of benzene rings is 3. The molecule has 9 nitrogen and oxygen atoms in total. The van der Waals surface area contributed by atoms with E-state index in [0.29, 0.717) is 35.4 Å². The van der Waals surface area contributed by atoms with Gasteiger partial charge in [-0.05, 0) is 60.9 Å². The van der Waals surface area contributed by atoms with Gasteiger partial charge in [0.15, 0.2) is 5.82 Å². The number of halogens is 3. The van der Waals surface area contributed by atoms with Crippen LogP contribution in [-0.4, -0.2) is 30.6 Å². The molecular formula is C33H23F3N6O3. The number of rotatable bonds is 10. The number of aromatic nitrogens is 4. The lowest BCUT2D eigenvalue weighted by atomic mass is 10.0. The maximum atomic E-state index is 15.5. The molecule has 224 valence electrons. The minimum absolute atomic E-state index is 0.0151. The van der Waals surface area contributed by atoms with E-state index in [0.717, 1.165) is 25.1 Å². The van der Waals surface area contributed by atoms with E-state index in [4.69, 9.17) is 15.0 Å². The van der Waals surface area contributed by atoms with Crippen LogP contribution in [0.2, 0.25) is 0 Å². The maximum Gasteiger partial charge on any atom is 0.335 e. The molecule has 0 aliphatic heterocycles. The van der Waals surface area contributed by atoms with E-state index in [1.807, 2.05) is 10.6 Å². The molecule has 0 saturated heterocycles. The molecule has 0 radical (unpaired) electrons. The fourth-order valence-corrected chi connectivity index (χ4v) is 5.18. The van der Waals surface area contributed by atoms with Crippen LogP contribution < -0.4 is 4.74 Å². The van der Waals surface area contributed by atoms with Crippen molar-refractivity contribution in [2.45, 2.75) is 38.8 Å². The minimum Gasteiger partial charge on any atom is -0.478 e. The van der Waals surface area contributed by atoms with E-state index < -0.39 is 29.3 Å². The molecule has 45 heavy (non-hydrogen) atoms. The van der Waals surface area contributed by atoms with E-state index >= 15 is 4.39 Å². The van der Waals surface area contributed by atoms with E-state index in [1.165, 1.54) is 30.3 Å². The second kappa shape index (κ2) is 11.7. The molecule has 1 saturated carbocycles. The zero-order valence-electron chi connectivity index (χ0n) is 23.6. The molecule has 1 N–H and O–H groups in total. The van der Waals surface area contributed by atoms with Crippen LogP contribution >= 0.6 is 0 Å². The second-order valence-corrected chi connectivity index (χ2v) is 11.0.